The number of rotatable bonds is 5. The van der Waals surface area contributed by atoms with E-state index in [-0.39, 0.29) is 11.6 Å². The third-order valence-corrected chi connectivity index (χ3v) is 3.72. The highest BCUT2D eigenvalue weighted by atomic mass is 32.2. The molecule has 0 radical (unpaired) electrons. The summed E-state index contributed by atoms with van der Waals surface area (Å²) in [5.41, 5.74) is 0.817. The van der Waals surface area contributed by atoms with Crippen LogP contribution >= 0.6 is 11.8 Å². The lowest BCUT2D eigenvalue weighted by atomic mass is 10.3. The van der Waals surface area contributed by atoms with E-state index in [1.807, 2.05) is 24.3 Å². The summed E-state index contributed by atoms with van der Waals surface area (Å²) in [5, 5.41) is 13.4. The normalized spacial score (nSPS) is 10.1. The van der Waals surface area contributed by atoms with Crippen LogP contribution in [0.1, 0.15) is 13.3 Å². The molecule has 21 heavy (non-hydrogen) atoms. The van der Waals surface area contributed by atoms with Gasteiger partial charge in [0.25, 0.3) is 5.69 Å². The summed E-state index contributed by atoms with van der Waals surface area (Å²) in [7, 11) is 0. The van der Waals surface area contributed by atoms with E-state index in [0.717, 1.165) is 15.5 Å². The minimum absolute atomic E-state index is 0.0347. The molecule has 0 heterocycles. The summed E-state index contributed by atoms with van der Waals surface area (Å²) in [6.45, 7) is 1.80. The van der Waals surface area contributed by atoms with Crippen LogP contribution in [0.15, 0.2) is 58.3 Å². The fourth-order valence-corrected chi connectivity index (χ4v) is 2.54. The van der Waals surface area contributed by atoms with E-state index in [9.17, 15) is 14.9 Å². The number of nitro benzene ring substituents is 1. The molecule has 0 unspecified atom stereocenters. The Hall–Kier alpha value is -2.34. The van der Waals surface area contributed by atoms with Crippen LogP contribution in [0.2, 0.25) is 0 Å². The van der Waals surface area contributed by atoms with Gasteiger partial charge in [-0.05, 0) is 30.3 Å². The monoisotopic (exact) mass is 302 g/mol. The van der Waals surface area contributed by atoms with Crippen molar-refractivity contribution in [1.82, 2.24) is 0 Å². The predicted octanol–water partition coefficient (Wildman–Crippen LogP) is 4.09. The molecule has 0 saturated carbocycles. The van der Waals surface area contributed by atoms with E-state index in [0.29, 0.717) is 6.42 Å². The number of hydrogen-bond acceptors (Lipinski definition) is 4. The molecule has 0 saturated heterocycles. The molecule has 0 spiro atoms. The minimum Gasteiger partial charge on any atom is -0.326 e. The number of anilines is 1. The van der Waals surface area contributed by atoms with Crippen LogP contribution in [-0.4, -0.2) is 10.8 Å². The summed E-state index contributed by atoms with van der Waals surface area (Å²) in [4.78, 5) is 23.4. The lowest BCUT2D eigenvalue weighted by Crippen LogP contribution is -2.09. The fraction of sp³-hybridized carbons (Fsp3) is 0.133. The number of carbonyl (C=O) groups is 1. The Morgan fingerprint density at radius 1 is 1.19 bits per heavy atom. The number of non-ortho nitro benzene ring substituents is 1. The summed E-state index contributed by atoms with van der Waals surface area (Å²) in [6.07, 6.45) is 0.430. The average molecular weight is 302 g/mol. The van der Waals surface area contributed by atoms with Crippen LogP contribution in [0.25, 0.3) is 0 Å². The number of nitrogens with zero attached hydrogens (tertiary/aromatic N) is 1. The van der Waals surface area contributed by atoms with E-state index in [4.69, 9.17) is 0 Å². The Bertz CT molecular complexity index is 656. The van der Waals surface area contributed by atoms with Gasteiger partial charge < -0.3 is 5.32 Å². The van der Waals surface area contributed by atoms with Crippen molar-refractivity contribution >= 4 is 29.0 Å². The third-order valence-electron chi connectivity index (χ3n) is 2.72. The molecule has 6 heteroatoms. The van der Waals surface area contributed by atoms with Crippen molar-refractivity contribution < 1.29 is 9.72 Å². The number of amides is 1. The lowest BCUT2D eigenvalue weighted by molar-refractivity contribution is -0.384. The first-order valence-corrected chi connectivity index (χ1v) is 7.22. The number of benzene rings is 2. The lowest BCUT2D eigenvalue weighted by Gasteiger charge is -2.06. The molecular formula is C15H14N2O3S. The first-order valence-electron chi connectivity index (χ1n) is 6.40. The molecule has 108 valence electrons. The maximum absolute atomic E-state index is 11.4. The Labute approximate surface area is 126 Å². The van der Waals surface area contributed by atoms with E-state index in [1.54, 1.807) is 19.1 Å². The van der Waals surface area contributed by atoms with Crippen LogP contribution < -0.4 is 5.32 Å². The quantitative estimate of drug-likeness (QED) is 0.667. The van der Waals surface area contributed by atoms with E-state index < -0.39 is 4.92 Å². The Kier molecular flexibility index (Phi) is 4.94. The van der Waals surface area contributed by atoms with Gasteiger partial charge in [0.15, 0.2) is 0 Å². The second kappa shape index (κ2) is 6.90. The van der Waals surface area contributed by atoms with E-state index in [1.165, 1.54) is 23.9 Å². The standard InChI is InChI=1S/C15H14N2O3S/c1-2-15(18)16-11-4-3-5-14(10-11)21-13-8-6-12(7-9-13)17(19)20/h3-10H,2H2,1H3,(H,16,18). The smallest absolute Gasteiger partial charge is 0.269 e. The molecule has 2 aromatic carbocycles. The second-order valence-electron chi connectivity index (χ2n) is 4.28. The highest BCUT2D eigenvalue weighted by molar-refractivity contribution is 7.99. The summed E-state index contributed by atoms with van der Waals surface area (Å²) >= 11 is 1.48. The van der Waals surface area contributed by atoms with Crippen molar-refractivity contribution in [1.29, 1.82) is 0 Å². The molecule has 1 N–H and O–H groups in total. The molecule has 0 fully saturated rings. The molecule has 2 aromatic rings. The van der Waals surface area contributed by atoms with Gasteiger partial charge in [-0.1, -0.05) is 24.8 Å². The van der Waals surface area contributed by atoms with Crippen molar-refractivity contribution in [2.45, 2.75) is 23.1 Å². The van der Waals surface area contributed by atoms with Gasteiger partial charge in [-0.2, -0.15) is 0 Å². The Morgan fingerprint density at radius 2 is 1.90 bits per heavy atom. The molecule has 0 bridgehead atoms. The average Bonchev–Trinajstić information content (AvgIpc) is 2.48. The molecule has 0 aliphatic rings. The molecule has 0 atom stereocenters. The van der Waals surface area contributed by atoms with Gasteiger partial charge in [-0.15, -0.1) is 0 Å². The molecular weight excluding hydrogens is 288 g/mol. The van der Waals surface area contributed by atoms with Gasteiger partial charge >= 0.3 is 0 Å². The van der Waals surface area contributed by atoms with Crippen molar-refractivity contribution in [3.8, 4) is 0 Å². The summed E-state index contributed by atoms with van der Waals surface area (Å²) in [5.74, 6) is -0.0347. The molecule has 2 rings (SSSR count). The number of nitro groups is 1. The maximum atomic E-state index is 11.4. The zero-order valence-electron chi connectivity index (χ0n) is 11.4. The largest absolute Gasteiger partial charge is 0.326 e. The highest BCUT2D eigenvalue weighted by Crippen LogP contribution is 2.30. The molecule has 0 aliphatic heterocycles. The molecule has 0 aromatic heterocycles. The Morgan fingerprint density at radius 3 is 2.52 bits per heavy atom. The minimum atomic E-state index is -0.421. The third kappa shape index (κ3) is 4.32. The van der Waals surface area contributed by atoms with Crippen LogP contribution in [0, 0.1) is 10.1 Å². The highest BCUT2D eigenvalue weighted by Gasteiger charge is 2.06. The SMILES string of the molecule is CCC(=O)Nc1cccc(Sc2ccc([N+](=O)[O-])cc2)c1. The van der Waals surface area contributed by atoms with Gasteiger partial charge in [0.1, 0.15) is 0 Å². The Balaban J connectivity index is 2.10. The second-order valence-corrected chi connectivity index (χ2v) is 5.43. The summed E-state index contributed by atoms with van der Waals surface area (Å²) < 4.78 is 0. The topological polar surface area (TPSA) is 72.2 Å². The predicted molar refractivity (Wildman–Crippen MR) is 82.6 cm³/mol. The van der Waals surface area contributed by atoms with Crippen molar-refractivity contribution in [2.75, 3.05) is 5.32 Å². The van der Waals surface area contributed by atoms with E-state index in [2.05, 4.69) is 5.32 Å². The van der Waals surface area contributed by atoms with Crippen LogP contribution in [0.4, 0.5) is 11.4 Å². The van der Waals surface area contributed by atoms with Gasteiger partial charge in [0.05, 0.1) is 4.92 Å². The fourth-order valence-electron chi connectivity index (χ4n) is 1.66. The number of carbonyl (C=O) groups excluding carboxylic acids is 1. The van der Waals surface area contributed by atoms with Gasteiger partial charge in [-0.3, -0.25) is 14.9 Å². The van der Waals surface area contributed by atoms with Crippen molar-refractivity contribution in [2.24, 2.45) is 0 Å². The number of hydrogen-bond donors (Lipinski definition) is 1. The maximum Gasteiger partial charge on any atom is 0.269 e. The molecule has 5 nitrogen and oxygen atoms in total. The van der Waals surface area contributed by atoms with E-state index >= 15 is 0 Å². The summed E-state index contributed by atoms with van der Waals surface area (Å²) in [6, 6.07) is 13.9. The van der Waals surface area contributed by atoms with Crippen molar-refractivity contribution in [3.05, 3.63) is 58.6 Å². The molecule has 0 aliphatic carbocycles. The number of nitrogens with one attached hydrogen (secondary N) is 1. The van der Waals surface area contributed by atoms with Crippen LogP contribution in [0.3, 0.4) is 0 Å². The molecule has 1 amide bonds. The first kappa shape index (κ1) is 15.1. The zero-order chi connectivity index (χ0) is 15.2. The van der Waals surface area contributed by atoms with Crippen LogP contribution in [-0.2, 0) is 4.79 Å². The van der Waals surface area contributed by atoms with Crippen molar-refractivity contribution in [3.63, 3.8) is 0 Å². The van der Waals surface area contributed by atoms with Gasteiger partial charge in [0, 0.05) is 34.0 Å². The first-order chi connectivity index (χ1) is 10.1. The van der Waals surface area contributed by atoms with Crippen LogP contribution in [0.5, 0.6) is 0 Å². The van der Waals surface area contributed by atoms with Gasteiger partial charge in [-0.25, -0.2) is 0 Å². The van der Waals surface area contributed by atoms with Gasteiger partial charge in [0.2, 0.25) is 5.91 Å². The zero-order valence-corrected chi connectivity index (χ0v) is 12.2.